The number of halogens is 1. The highest BCUT2D eigenvalue weighted by Crippen LogP contribution is 2.11. The van der Waals surface area contributed by atoms with Crippen LogP contribution < -0.4 is 10.2 Å². The summed E-state index contributed by atoms with van der Waals surface area (Å²) in [5.74, 6) is 0.467. The first-order chi connectivity index (χ1) is 4.72. The lowest BCUT2D eigenvalue weighted by molar-refractivity contribution is 0.257. The predicted molar refractivity (Wildman–Crippen MR) is 38.7 cm³/mol. The molecule has 0 aliphatic rings. The number of hydrogen-bond donors (Lipinski definition) is 2. The second-order valence-corrected chi connectivity index (χ2v) is 2.01. The Kier molecular flexibility index (Phi) is 1.82. The van der Waals surface area contributed by atoms with Crippen molar-refractivity contribution in [1.82, 2.24) is 4.98 Å². The molecule has 1 aromatic heterocycles. The van der Waals surface area contributed by atoms with Crippen molar-refractivity contribution in [2.24, 2.45) is 5.73 Å². The molecule has 0 atom stereocenters. The fourth-order valence-electron chi connectivity index (χ4n) is 0.562. The number of aromatic amines is 1. The van der Waals surface area contributed by atoms with E-state index in [0.29, 0.717) is 5.82 Å². The van der Waals surface area contributed by atoms with Crippen LogP contribution in [0.5, 0.6) is 0 Å². The first kappa shape index (κ1) is 6.95. The molecule has 54 valence electrons. The first-order valence-corrected chi connectivity index (χ1v) is 2.94. The summed E-state index contributed by atoms with van der Waals surface area (Å²) in [7, 11) is 0. The van der Waals surface area contributed by atoms with Crippen LogP contribution in [0.2, 0.25) is 0 Å². The highest BCUT2D eigenvalue weighted by atomic mass is 35.5. The molecule has 0 spiro atoms. The molecule has 0 radical (unpaired) electrons. The molecule has 0 bridgehead atoms. The van der Waals surface area contributed by atoms with Crippen LogP contribution in [0.25, 0.3) is 0 Å². The molecule has 0 aliphatic heterocycles. The highest BCUT2D eigenvalue weighted by Gasteiger charge is 2.07. The van der Waals surface area contributed by atoms with Crippen LogP contribution in [0, 0.1) is 0 Å². The standard InChI is InChI=1S/C5H6ClN3O/c6-9(5(7)10)4-2-1-3-8-4/h1-3,8H,(H2,7,10). The number of carbonyl (C=O) groups is 1. The molecule has 2 amide bonds. The van der Waals surface area contributed by atoms with Crippen LogP contribution in [-0.4, -0.2) is 11.0 Å². The number of carbonyl (C=O) groups excluding carboxylic acids is 1. The maximum atomic E-state index is 10.4. The van der Waals surface area contributed by atoms with Crippen LogP contribution in [-0.2, 0) is 0 Å². The Morgan fingerprint density at radius 3 is 2.90 bits per heavy atom. The van der Waals surface area contributed by atoms with E-state index in [4.69, 9.17) is 17.5 Å². The smallest absolute Gasteiger partial charge is 0.335 e. The van der Waals surface area contributed by atoms with E-state index in [1.54, 1.807) is 18.3 Å². The minimum Gasteiger partial charge on any atom is -0.350 e. The lowest BCUT2D eigenvalue weighted by atomic mass is 10.6. The van der Waals surface area contributed by atoms with Crippen LogP contribution in [0.4, 0.5) is 10.6 Å². The van der Waals surface area contributed by atoms with E-state index in [0.717, 1.165) is 4.42 Å². The van der Waals surface area contributed by atoms with Crippen molar-refractivity contribution in [3.05, 3.63) is 18.3 Å². The van der Waals surface area contributed by atoms with E-state index >= 15 is 0 Å². The number of anilines is 1. The van der Waals surface area contributed by atoms with E-state index in [9.17, 15) is 4.79 Å². The Morgan fingerprint density at radius 2 is 2.50 bits per heavy atom. The zero-order chi connectivity index (χ0) is 7.56. The van der Waals surface area contributed by atoms with Gasteiger partial charge < -0.3 is 10.7 Å². The summed E-state index contributed by atoms with van der Waals surface area (Å²) in [6.07, 6.45) is 1.65. The molecular weight excluding hydrogens is 154 g/mol. The number of H-pyrrole nitrogens is 1. The summed E-state index contributed by atoms with van der Waals surface area (Å²) < 4.78 is 0.806. The number of urea groups is 1. The van der Waals surface area contributed by atoms with E-state index in [2.05, 4.69) is 4.98 Å². The van der Waals surface area contributed by atoms with Crippen molar-refractivity contribution in [3.8, 4) is 0 Å². The number of nitrogens with zero attached hydrogens (tertiary/aromatic N) is 1. The van der Waals surface area contributed by atoms with Crippen molar-refractivity contribution in [2.75, 3.05) is 4.42 Å². The zero-order valence-electron chi connectivity index (χ0n) is 5.04. The number of nitrogens with one attached hydrogen (secondary N) is 1. The van der Waals surface area contributed by atoms with Gasteiger partial charge >= 0.3 is 6.03 Å². The summed E-state index contributed by atoms with van der Waals surface area (Å²) in [6.45, 7) is 0. The number of aromatic nitrogens is 1. The maximum absolute atomic E-state index is 10.4. The largest absolute Gasteiger partial charge is 0.350 e. The molecule has 1 aromatic rings. The second-order valence-electron chi connectivity index (χ2n) is 1.67. The molecule has 10 heavy (non-hydrogen) atoms. The van der Waals surface area contributed by atoms with Crippen LogP contribution in [0.15, 0.2) is 18.3 Å². The quantitative estimate of drug-likeness (QED) is 0.592. The summed E-state index contributed by atoms with van der Waals surface area (Å²) >= 11 is 5.41. The lowest BCUT2D eigenvalue weighted by Gasteiger charge is -2.06. The van der Waals surface area contributed by atoms with E-state index < -0.39 is 6.03 Å². The SMILES string of the molecule is NC(=O)N(Cl)c1ccc[nH]1. The van der Waals surface area contributed by atoms with Gasteiger partial charge in [0.2, 0.25) is 0 Å². The minimum absolute atomic E-state index is 0.467. The monoisotopic (exact) mass is 159 g/mol. The average Bonchev–Trinajstić information content (AvgIpc) is 2.36. The van der Waals surface area contributed by atoms with Gasteiger partial charge in [-0.15, -0.1) is 0 Å². The van der Waals surface area contributed by atoms with E-state index in [-0.39, 0.29) is 0 Å². The van der Waals surface area contributed by atoms with Crippen LogP contribution >= 0.6 is 11.8 Å². The zero-order valence-corrected chi connectivity index (χ0v) is 5.80. The van der Waals surface area contributed by atoms with Gasteiger partial charge in [-0.2, -0.15) is 4.42 Å². The highest BCUT2D eigenvalue weighted by molar-refractivity contribution is 6.35. The topological polar surface area (TPSA) is 62.1 Å². The van der Waals surface area contributed by atoms with Gasteiger partial charge in [0.05, 0.1) is 0 Å². The molecule has 4 nitrogen and oxygen atoms in total. The van der Waals surface area contributed by atoms with Gasteiger partial charge in [0.25, 0.3) is 0 Å². The third-order valence-corrected chi connectivity index (χ3v) is 1.34. The van der Waals surface area contributed by atoms with Crippen molar-refractivity contribution in [1.29, 1.82) is 0 Å². The van der Waals surface area contributed by atoms with Gasteiger partial charge in [-0.3, -0.25) is 0 Å². The fourth-order valence-corrected chi connectivity index (χ4v) is 0.667. The summed E-state index contributed by atoms with van der Waals surface area (Å²) in [4.78, 5) is 13.1. The Balaban J connectivity index is 2.77. The Bertz CT molecular complexity index is 221. The molecule has 0 fully saturated rings. The molecule has 0 aliphatic carbocycles. The van der Waals surface area contributed by atoms with Gasteiger partial charge in [0.15, 0.2) is 0 Å². The summed E-state index contributed by atoms with van der Waals surface area (Å²) in [5.41, 5.74) is 4.86. The van der Waals surface area contributed by atoms with Gasteiger partial charge in [0.1, 0.15) is 5.82 Å². The summed E-state index contributed by atoms with van der Waals surface area (Å²) in [6, 6.07) is 2.65. The fraction of sp³-hybridized carbons (Fsp3) is 0. The third kappa shape index (κ3) is 1.22. The molecule has 0 aromatic carbocycles. The molecular formula is C5H6ClN3O. The molecule has 0 unspecified atom stereocenters. The maximum Gasteiger partial charge on any atom is 0.335 e. The second kappa shape index (κ2) is 2.62. The number of amides is 2. The van der Waals surface area contributed by atoms with Crippen molar-refractivity contribution < 1.29 is 4.79 Å². The average molecular weight is 160 g/mol. The third-order valence-electron chi connectivity index (χ3n) is 0.987. The number of rotatable bonds is 1. The number of hydrogen-bond acceptors (Lipinski definition) is 1. The van der Waals surface area contributed by atoms with Crippen molar-refractivity contribution in [3.63, 3.8) is 0 Å². The Labute approximate surface area is 62.7 Å². The summed E-state index contributed by atoms with van der Waals surface area (Å²) in [5, 5.41) is 0. The van der Waals surface area contributed by atoms with Gasteiger partial charge in [-0.05, 0) is 12.1 Å². The lowest BCUT2D eigenvalue weighted by Crippen LogP contribution is -2.27. The molecule has 3 N–H and O–H groups in total. The van der Waals surface area contributed by atoms with Crippen molar-refractivity contribution in [2.45, 2.75) is 0 Å². The number of nitrogens with two attached hydrogens (primary N) is 1. The molecule has 1 rings (SSSR count). The van der Waals surface area contributed by atoms with Crippen LogP contribution in [0.3, 0.4) is 0 Å². The van der Waals surface area contributed by atoms with E-state index in [1.807, 2.05) is 0 Å². The molecule has 5 heteroatoms. The number of primary amides is 1. The Hall–Kier alpha value is -1.16. The van der Waals surface area contributed by atoms with Crippen molar-refractivity contribution >= 4 is 23.6 Å². The predicted octanol–water partition coefficient (Wildman–Crippen LogP) is 1.05. The molecule has 0 saturated carbocycles. The van der Waals surface area contributed by atoms with E-state index in [1.165, 1.54) is 0 Å². The molecule has 0 saturated heterocycles. The molecule has 1 heterocycles. The normalized spacial score (nSPS) is 9.30. The Morgan fingerprint density at radius 1 is 1.80 bits per heavy atom. The van der Waals surface area contributed by atoms with Gasteiger partial charge in [-0.25, -0.2) is 4.79 Å². The first-order valence-electron chi connectivity index (χ1n) is 2.60. The van der Waals surface area contributed by atoms with Gasteiger partial charge in [-0.1, -0.05) is 0 Å². The van der Waals surface area contributed by atoms with Crippen LogP contribution in [0.1, 0.15) is 0 Å². The minimum atomic E-state index is -0.705. The van der Waals surface area contributed by atoms with Gasteiger partial charge in [0, 0.05) is 18.0 Å².